The summed E-state index contributed by atoms with van der Waals surface area (Å²) in [4.78, 5) is 47.1. The van der Waals surface area contributed by atoms with Crippen molar-refractivity contribution in [1.82, 2.24) is 0 Å². The number of esters is 1. The van der Waals surface area contributed by atoms with E-state index in [-0.39, 0.29) is 34.4 Å². The lowest BCUT2D eigenvalue weighted by atomic mass is 10.1. The van der Waals surface area contributed by atoms with Crippen LogP contribution in [0.15, 0.2) is 42.5 Å². The van der Waals surface area contributed by atoms with Crippen LogP contribution in [0.25, 0.3) is 0 Å². The quantitative estimate of drug-likeness (QED) is 0.303. The van der Waals surface area contributed by atoms with Gasteiger partial charge in [0.25, 0.3) is 5.69 Å². The molecule has 0 aliphatic rings. The van der Waals surface area contributed by atoms with E-state index >= 15 is 0 Å². The minimum absolute atomic E-state index is 0.0931. The van der Waals surface area contributed by atoms with Gasteiger partial charge in [-0.3, -0.25) is 19.7 Å². The van der Waals surface area contributed by atoms with Gasteiger partial charge in [-0.1, -0.05) is 13.8 Å². The Balaban J connectivity index is 2.12. The fourth-order valence-electron chi connectivity index (χ4n) is 2.49. The number of carbonyl (C=O) groups excluding carboxylic acids is 3. The molecule has 0 bridgehead atoms. The minimum atomic E-state index is -1.14. The first kappa shape index (κ1) is 22.5. The lowest BCUT2D eigenvalue weighted by molar-refractivity contribution is -0.384. The van der Waals surface area contributed by atoms with Crippen LogP contribution in [-0.4, -0.2) is 35.8 Å². The number of hydrogen-bond donors (Lipinski definition) is 1. The molecule has 0 heterocycles. The number of benzene rings is 2. The van der Waals surface area contributed by atoms with E-state index in [0.29, 0.717) is 5.69 Å². The molecule has 9 nitrogen and oxygen atoms in total. The normalized spacial score (nSPS) is 11.5. The molecule has 30 heavy (non-hydrogen) atoms. The summed E-state index contributed by atoms with van der Waals surface area (Å²) in [7, 11) is 1.31. The average molecular weight is 414 g/mol. The third kappa shape index (κ3) is 5.40. The Morgan fingerprint density at radius 2 is 1.67 bits per heavy atom. The molecule has 0 aromatic heterocycles. The third-order valence-corrected chi connectivity index (χ3v) is 4.23. The third-order valence-electron chi connectivity index (χ3n) is 4.23. The Morgan fingerprint density at radius 3 is 2.20 bits per heavy atom. The highest BCUT2D eigenvalue weighted by Gasteiger charge is 2.24. The summed E-state index contributed by atoms with van der Waals surface area (Å²) in [6, 6.07) is 9.68. The summed E-state index contributed by atoms with van der Waals surface area (Å²) in [5.41, 5.74) is 0.360. The van der Waals surface area contributed by atoms with Crippen molar-refractivity contribution in [2.45, 2.75) is 26.9 Å². The summed E-state index contributed by atoms with van der Waals surface area (Å²) in [5.74, 6) is -1.62. The highest BCUT2D eigenvalue weighted by molar-refractivity contribution is 6.02. The van der Waals surface area contributed by atoms with E-state index in [4.69, 9.17) is 9.47 Å². The van der Waals surface area contributed by atoms with Crippen molar-refractivity contribution in [2.24, 2.45) is 5.92 Å². The van der Waals surface area contributed by atoms with Crippen LogP contribution >= 0.6 is 0 Å². The number of non-ortho nitro benzene ring substituents is 1. The van der Waals surface area contributed by atoms with Crippen molar-refractivity contribution >= 4 is 29.0 Å². The second-order valence-electron chi connectivity index (χ2n) is 6.77. The van der Waals surface area contributed by atoms with Gasteiger partial charge in [-0.15, -0.1) is 0 Å². The van der Waals surface area contributed by atoms with Gasteiger partial charge in [0.2, 0.25) is 11.7 Å². The number of nitro groups is 1. The maximum atomic E-state index is 12.6. The highest BCUT2D eigenvalue weighted by atomic mass is 16.6. The number of nitrogens with zero attached hydrogens (tertiary/aromatic N) is 1. The maximum absolute atomic E-state index is 12.6. The zero-order valence-electron chi connectivity index (χ0n) is 17.0. The van der Waals surface area contributed by atoms with Crippen LogP contribution < -0.4 is 10.1 Å². The number of hydrogen-bond acceptors (Lipinski definition) is 7. The fraction of sp³-hybridized carbons (Fsp3) is 0.286. The zero-order valence-corrected chi connectivity index (χ0v) is 17.0. The Hall–Kier alpha value is -3.75. The molecule has 0 radical (unpaired) electrons. The molecule has 2 rings (SSSR count). The Bertz CT molecular complexity index is 968. The molecule has 0 saturated carbocycles. The standard InChI is InChI=1S/C21H22N2O7/c1-12(2)20(25)22-15-7-5-14(6-8-15)19(24)13(3)30-21(26)17-11-16(23(27)28)9-10-18(17)29-4/h5-13H,1-4H3,(H,22,25)/t13-/m0/s1. The molecule has 9 heteroatoms. The summed E-state index contributed by atoms with van der Waals surface area (Å²) >= 11 is 0. The van der Waals surface area contributed by atoms with Gasteiger partial charge in [0, 0.05) is 29.3 Å². The molecular formula is C21H22N2O7. The number of methoxy groups -OCH3 is 1. The molecule has 1 N–H and O–H groups in total. The van der Waals surface area contributed by atoms with Crippen molar-refractivity contribution in [1.29, 1.82) is 0 Å². The number of ketones is 1. The summed E-state index contributed by atoms with van der Waals surface area (Å²) in [5, 5.41) is 13.7. The zero-order chi connectivity index (χ0) is 22.4. The van der Waals surface area contributed by atoms with Crippen LogP contribution in [0.1, 0.15) is 41.5 Å². The van der Waals surface area contributed by atoms with E-state index in [2.05, 4.69) is 5.32 Å². The number of nitro benzene ring substituents is 1. The summed E-state index contributed by atoms with van der Waals surface area (Å²) in [6.45, 7) is 4.93. The van der Waals surface area contributed by atoms with Crippen LogP contribution in [0.3, 0.4) is 0 Å². The molecule has 2 aromatic rings. The van der Waals surface area contributed by atoms with E-state index in [1.807, 2.05) is 0 Å². The van der Waals surface area contributed by atoms with Crippen molar-refractivity contribution in [3.63, 3.8) is 0 Å². The molecule has 0 fully saturated rings. The second kappa shape index (κ2) is 9.64. The number of rotatable bonds is 8. The van der Waals surface area contributed by atoms with Crippen molar-refractivity contribution < 1.29 is 28.8 Å². The van der Waals surface area contributed by atoms with Gasteiger partial charge < -0.3 is 14.8 Å². The van der Waals surface area contributed by atoms with Gasteiger partial charge in [0.1, 0.15) is 11.3 Å². The van der Waals surface area contributed by atoms with Crippen LogP contribution in [-0.2, 0) is 9.53 Å². The Kier molecular flexibility index (Phi) is 7.24. The molecule has 158 valence electrons. The van der Waals surface area contributed by atoms with Crippen LogP contribution in [0.4, 0.5) is 11.4 Å². The molecule has 0 unspecified atom stereocenters. The van der Waals surface area contributed by atoms with E-state index in [1.165, 1.54) is 38.3 Å². The van der Waals surface area contributed by atoms with Gasteiger partial charge >= 0.3 is 5.97 Å². The number of ether oxygens (including phenoxy) is 2. The van der Waals surface area contributed by atoms with E-state index in [9.17, 15) is 24.5 Å². The molecule has 0 saturated heterocycles. The smallest absolute Gasteiger partial charge is 0.342 e. The highest BCUT2D eigenvalue weighted by Crippen LogP contribution is 2.25. The van der Waals surface area contributed by atoms with E-state index in [0.717, 1.165) is 6.07 Å². The summed E-state index contributed by atoms with van der Waals surface area (Å²) < 4.78 is 10.2. The van der Waals surface area contributed by atoms with Gasteiger partial charge in [-0.05, 0) is 37.3 Å². The average Bonchev–Trinajstić information content (AvgIpc) is 2.72. The van der Waals surface area contributed by atoms with Crippen LogP contribution in [0.5, 0.6) is 5.75 Å². The first-order valence-corrected chi connectivity index (χ1v) is 9.12. The molecule has 0 aliphatic carbocycles. The van der Waals surface area contributed by atoms with Crippen molar-refractivity contribution in [3.05, 3.63) is 63.7 Å². The van der Waals surface area contributed by atoms with Gasteiger partial charge in [-0.2, -0.15) is 0 Å². The monoisotopic (exact) mass is 414 g/mol. The van der Waals surface area contributed by atoms with E-state index < -0.39 is 22.8 Å². The number of amides is 1. The predicted molar refractivity (Wildman–Crippen MR) is 109 cm³/mol. The Morgan fingerprint density at radius 1 is 1.03 bits per heavy atom. The topological polar surface area (TPSA) is 125 Å². The molecule has 1 atom stereocenters. The molecule has 1 amide bonds. The van der Waals surface area contributed by atoms with Gasteiger partial charge in [0.05, 0.1) is 12.0 Å². The lowest BCUT2D eigenvalue weighted by Gasteiger charge is -2.14. The molecule has 0 aliphatic heterocycles. The number of anilines is 1. The number of carbonyl (C=O) groups is 3. The molecule has 2 aromatic carbocycles. The van der Waals surface area contributed by atoms with Gasteiger partial charge in [-0.25, -0.2) is 4.79 Å². The SMILES string of the molecule is COc1ccc([N+](=O)[O-])cc1C(=O)O[C@@H](C)C(=O)c1ccc(NC(=O)C(C)C)cc1. The lowest BCUT2D eigenvalue weighted by Crippen LogP contribution is -2.25. The Labute approximate surface area is 173 Å². The minimum Gasteiger partial charge on any atom is -0.496 e. The number of nitrogens with one attached hydrogen (secondary N) is 1. The van der Waals surface area contributed by atoms with Crippen LogP contribution in [0.2, 0.25) is 0 Å². The maximum Gasteiger partial charge on any atom is 0.342 e. The predicted octanol–water partition coefficient (Wildman–Crippen LogP) is 3.63. The second-order valence-corrected chi connectivity index (χ2v) is 6.77. The van der Waals surface area contributed by atoms with Crippen LogP contribution in [0, 0.1) is 16.0 Å². The number of Topliss-reactive ketones (excluding diaryl/α,β-unsaturated/α-hetero) is 1. The first-order valence-electron chi connectivity index (χ1n) is 9.12. The molecular weight excluding hydrogens is 392 g/mol. The summed E-state index contributed by atoms with van der Waals surface area (Å²) in [6.07, 6.45) is -1.14. The van der Waals surface area contributed by atoms with E-state index in [1.54, 1.807) is 26.0 Å². The van der Waals surface area contributed by atoms with Crippen molar-refractivity contribution in [2.75, 3.05) is 12.4 Å². The van der Waals surface area contributed by atoms with Gasteiger partial charge in [0.15, 0.2) is 6.10 Å². The first-order chi connectivity index (χ1) is 14.1. The molecule has 0 spiro atoms. The van der Waals surface area contributed by atoms with Crippen molar-refractivity contribution in [3.8, 4) is 5.75 Å². The largest absolute Gasteiger partial charge is 0.496 e. The fourth-order valence-corrected chi connectivity index (χ4v) is 2.49.